The van der Waals surface area contributed by atoms with E-state index < -0.39 is 11.7 Å². The second kappa shape index (κ2) is 5.76. The smallest absolute Gasteiger partial charge is 0.372 e. The molecule has 1 aromatic carbocycles. The maximum Gasteiger partial charge on any atom is 0.417 e. The van der Waals surface area contributed by atoms with E-state index >= 15 is 0 Å². The highest BCUT2D eigenvalue weighted by atomic mass is 19.4. The monoisotopic (exact) mass is 296 g/mol. The number of nitrogens with zero attached hydrogens (tertiary/aromatic N) is 2. The highest BCUT2D eigenvalue weighted by Gasteiger charge is 2.34. The minimum absolute atomic E-state index is 0.0525. The van der Waals surface area contributed by atoms with Crippen LogP contribution in [-0.2, 0) is 11.0 Å². The average Bonchev–Trinajstić information content (AvgIpc) is 2.45. The van der Waals surface area contributed by atoms with Crippen molar-refractivity contribution in [3.05, 3.63) is 29.3 Å². The predicted octanol–water partition coefficient (Wildman–Crippen LogP) is 3.52. The first-order valence-corrected chi connectivity index (χ1v) is 6.69. The summed E-state index contributed by atoms with van der Waals surface area (Å²) in [7, 11) is 1.72. The molecule has 2 rings (SSSR count). The Morgan fingerprint density at radius 2 is 1.90 bits per heavy atom. The van der Waals surface area contributed by atoms with Gasteiger partial charge in [-0.2, -0.15) is 18.4 Å². The maximum absolute atomic E-state index is 13.0. The molecule has 6 heteroatoms. The number of Topliss-reactive ketones (excluding diaryl/α,β-unsaturated/α-hetero) is 1. The van der Waals surface area contributed by atoms with Crippen molar-refractivity contribution in [2.45, 2.75) is 37.9 Å². The first-order chi connectivity index (χ1) is 9.82. The fraction of sp³-hybridized carbons (Fsp3) is 0.467. The molecule has 0 aromatic heterocycles. The molecule has 0 N–H and O–H groups in total. The normalized spacial score (nSPS) is 16.6. The van der Waals surface area contributed by atoms with E-state index in [1.807, 2.05) is 0 Å². The zero-order chi connectivity index (χ0) is 15.6. The van der Waals surface area contributed by atoms with E-state index in [1.165, 1.54) is 12.1 Å². The minimum atomic E-state index is -4.55. The van der Waals surface area contributed by atoms with Crippen LogP contribution < -0.4 is 4.90 Å². The van der Waals surface area contributed by atoms with Gasteiger partial charge in [0.2, 0.25) is 0 Å². The molecule has 0 bridgehead atoms. The van der Waals surface area contributed by atoms with E-state index in [4.69, 9.17) is 5.26 Å². The second-order valence-corrected chi connectivity index (χ2v) is 5.22. The third-order valence-corrected chi connectivity index (χ3v) is 3.90. The van der Waals surface area contributed by atoms with Crippen LogP contribution in [0, 0.1) is 11.3 Å². The molecule has 112 valence electrons. The number of hydrogen-bond donors (Lipinski definition) is 0. The van der Waals surface area contributed by atoms with E-state index in [9.17, 15) is 18.0 Å². The van der Waals surface area contributed by atoms with Crippen molar-refractivity contribution in [2.24, 2.45) is 0 Å². The van der Waals surface area contributed by atoms with E-state index in [-0.39, 0.29) is 17.4 Å². The van der Waals surface area contributed by atoms with Crippen molar-refractivity contribution in [1.29, 1.82) is 5.26 Å². The van der Waals surface area contributed by atoms with Gasteiger partial charge < -0.3 is 4.90 Å². The highest BCUT2D eigenvalue weighted by molar-refractivity contribution is 5.79. The summed E-state index contributed by atoms with van der Waals surface area (Å²) < 4.78 is 38.9. The molecule has 1 saturated carbocycles. The lowest BCUT2D eigenvalue weighted by Gasteiger charge is -2.33. The van der Waals surface area contributed by atoms with Gasteiger partial charge in [0.15, 0.2) is 0 Å². The van der Waals surface area contributed by atoms with Crippen molar-refractivity contribution < 1.29 is 18.0 Å². The molecule has 21 heavy (non-hydrogen) atoms. The summed E-state index contributed by atoms with van der Waals surface area (Å²) in [5.74, 6) is 0.204. The number of anilines is 1. The van der Waals surface area contributed by atoms with Gasteiger partial charge in [-0.25, -0.2) is 0 Å². The summed E-state index contributed by atoms with van der Waals surface area (Å²) in [4.78, 5) is 13.0. The topological polar surface area (TPSA) is 44.1 Å². The lowest BCUT2D eigenvalue weighted by molar-refractivity contribution is -0.137. The van der Waals surface area contributed by atoms with Crippen LogP contribution >= 0.6 is 0 Å². The van der Waals surface area contributed by atoms with Crippen LogP contribution in [-0.4, -0.2) is 18.9 Å². The summed E-state index contributed by atoms with van der Waals surface area (Å²) in [6, 6.07) is 5.35. The quantitative estimate of drug-likeness (QED) is 0.838. The molecule has 1 aromatic rings. The van der Waals surface area contributed by atoms with Crippen LogP contribution in [0.3, 0.4) is 0 Å². The number of hydrogen-bond acceptors (Lipinski definition) is 3. The molecular weight excluding hydrogens is 281 g/mol. The number of alkyl halides is 3. The van der Waals surface area contributed by atoms with E-state index in [1.54, 1.807) is 18.0 Å². The number of rotatable bonds is 2. The molecule has 1 aliphatic rings. The number of benzene rings is 1. The molecular formula is C15H15F3N2O. The Labute approximate surface area is 121 Å². The van der Waals surface area contributed by atoms with Crippen molar-refractivity contribution in [3.8, 4) is 6.07 Å². The van der Waals surface area contributed by atoms with Crippen LogP contribution in [0.25, 0.3) is 0 Å². The van der Waals surface area contributed by atoms with E-state index in [0.29, 0.717) is 31.4 Å². The van der Waals surface area contributed by atoms with Gasteiger partial charge >= 0.3 is 6.18 Å². The molecule has 0 spiro atoms. The number of ketones is 1. The van der Waals surface area contributed by atoms with Crippen molar-refractivity contribution in [1.82, 2.24) is 0 Å². The van der Waals surface area contributed by atoms with Gasteiger partial charge in [-0.05, 0) is 31.0 Å². The lowest BCUT2D eigenvalue weighted by atomic mass is 9.93. The van der Waals surface area contributed by atoms with E-state index in [0.717, 1.165) is 6.07 Å². The second-order valence-electron chi connectivity index (χ2n) is 5.22. The molecule has 3 nitrogen and oxygen atoms in total. The zero-order valence-corrected chi connectivity index (χ0v) is 11.6. The van der Waals surface area contributed by atoms with Gasteiger partial charge in [0, 0.05) is 31.6 Å². The molecule has 0 unspecified atom stereocenters. The number of carbonyl (C=O) groups is 1. The molecule has 1 aliphatic carbocycles. The fourth-order valence-corrected chi connectivity index (χ4v) is 2.61. The summed E-state index contributed by atoms with van der Waals surface area (Å²) in [5.41, 5.74) is -0.875. The van der Waals surface area contributed by atoms with Gasteiger partial charge in [0.05, 0.1) is 17.2 Å². The molecule has 0 heterocycles. The maximum atomic E-state index is 13.0. The third-order valence-electron chi connectivity index (χ3n) is 3.90. The van der Waals surface area contributed by atoms with Crippen molar-refractivity contribution in [3.63, 3.8) is 0 Å². The van der Waals surface area contributed by atoms with Crippen molar-refractivity contribution in [2.75, 3.05) is 11.9 Å². The molecule has 0 saturated heterocycles. The molecule has 0 atom stereocenters. The third kappa shape index (κ3) is 3.35. The molecule has 0 amide bonds. The van der Waals surface area contributed by atoms with Crippen LogP contribution in [0.4, 0.5) is 18.9 Å². The molecule has 0 aliphatic heterocycles. The highest BCUT2D eigenvalue weighted by Crippen LogP contribution is 2.35. The van der Waals surface area contributed by atoms with Gasteiger partial charge in [-0.15, -0.1) is 0 Å². The lowest BCUT2D eigenvalue weighted by Crippen LogP contribution is -2.35. The summed E-state index contributed by atoms with van der Waals surface area (Å²) in [5, 5.41) is 8.79. The predicted molar refractivity (Wildman–Crippen MR) is 71.8 cm³/mol. The first kappa shape index (κ1) is 15.4. The van der Waals surface area contributed by atoms with Gasteiger partial charge in [0.25, 0.3) is 0 Å². The Balaban J connectivity index is 2.28. The first-order valence-electron chi connectivity index (χ1n) is 6.69. The van der Waals surface area contributed by atoms with Crippen molar-refractivity contribution >= 4 is 11.5 Å². The largest absolute Gasteiger partial charge is 0.417 e. The number of halogens is 3. The summed E-state index contributed by atoms with van der Waals surface area (Å²) in [6.45, 7) is 0. The van der Waals surface area contributed by atoms with Crippen LogP contribution in [0.2, 0.25) is 0 Å². The zero-order valence-electron chi connectivity index (χ0n) is 11.6. The van der Waals surface area contributed by atoms with E-state index in [2.05, 4.69) is 0 Å². The summed E-state index contributed by atoms with van der Waals surface area (Å²) in [6.07, 6.45) is -2.31. The van der Waals surface area contributed by atoms with Crippen LogP contribution in [0.1, 0.15) is 36.8 Å². The SMILES string of the molecule is CN(c1ccc(C#N)c(C(F)(F)F)c1)C1CCC(=O)CC1. The Morgan fingerprint density at radius 3 is 2.43 bits per heavy atom. The minimum Gasteiger partial charge on any atom is -0.372 e. The Bertz CT molecular complexity index is 580. The van der Waals surface area contributed by atoms with Gasteiger partial charge in [0.1, 0.15) is 5.78 Å². The number of nitriles is 1. The Morgan fingerprint density at radius 1 is 1.29 bits per heavy atom. The standard InChI is InChI=1S/C15H15F3N2O/c1-20(11-4-6-13(21)7-5-11)12-3-2-10(9-19)14(8-12)15(16,17)18/h2-3,8,11H,4-7H2,1H3. The molecule has 1 fully saturated rings. The molecule has 0 radical (unpaired) electrons. The van der Waals surface area contributed by atoms with Gasteiger partial charge in [-0.3, -0.25) is 4.79 Å². The van der Waals surface area contributed by atoms with Crippen LogP contribution in [0.15, 0.2) is 18.2 Å². The Kier molecular flexibility index (Phi) is 4.21. The van der Waals surface area contributed by atoms with Gasteiger partial charge in [-0.1, -0.05) is 0 Å². The summed E-state index contributed by atoms with van der Waals surface area (Å²) >= 11 is 0. The average molecular weight is 296 g/mol. The Hall–Kier alpha value is -2.03. The number of carbonyl (C=O) groups excluding carboxylic acids is 1. The fourth-order valence-electron chi connectivity index (χ4n) is 2.61. The van der Waals surface area contributed by atoms with Crippen LogP contribution in [0.5, 0.6) is 0 Å².